The summed E-state index contributed by atoms with van der Waals surface area (Å²) in [6.45, 7) is 3.74. The molecule has 1 saturated heterocycles. The van der Waals surface area contributed by atoms with Crippen molar-refractivity contribution in [2.24, 2.45) is 11.8 Å². The van der Waals surface area contributed by atoms with Crippen LogP contribution in [-0.2, 0) is 14.4 Å². The fourth-order valence-corrected chi connectivity index (χ4v) is 5.90. The van der Waals surface area contributed by atoms with E-state index in [1.54, 1.807) is 11.8 Å². The number of hydrogen-bond acceptors (Lipinski definition) is 4. The molecule has 5 atom stereocenters. The molecule has 2 aromatic carbocycles. The molecule has 33 heavy (non-hydrogen) atoms. The Bertz CT molecular complexity index is 1050. The smallest absolute Gasteiger partial charge is 0.250 e. The minimum atomic E-state index is -0.801. The average molecular weight is 446 g/mol. The van der Waals surface area contributed by atoms with Crippen LogP contribution >= 0.6 is 0 Å². The maximum atomic E-state index is 13.8. The third-order valence-corrected chi connectivity index (χ3v) is 7.56. The molecule has 3 aliphatic rings. The first kappa shape index (κ1) is 21.7. The monoisotopic (exact) mass is 445 g/mol. The van der Waals surface area contributed by atoms with Crippen molar-refractivity contribution < 1.29 is 14.4 Å². The van der Waals surface area contributed by atoms with E-state index in [1.807, 2.05) is 61.5 Å². The molecule has 0 radical (unpaired) electrons. The van der Waals surface area contributed by atoms with Crippen LogP contribution in [0, 0.1) is 11.8 Å². The van der Waals surface area contributed by atoms with Crippen LogP contribution in [0.2, 0.25) is 0 Å². The topological polar surface area (TPSA) is 69.7 Å². The van der Waals surface area contributed by atoms with Crippen molar-refractivity contribution in [1.82, 2.24) is 4.90 Å². The van der Waals surface area contributed by atoms with E-state index < -0.39 is 6.04 Å². The SMILES string of the molecule is C[C@H](C(=O)N1c2ccccc2[C@@H](Nc2ccccc2)C[C@@H]1C)N1C(=O)[C@H]2CCCC[C@H]2C1=O. The van der Waals surface area contributed by atoms with Gasteiger partial charge in [-0.1, -0.05) is 49.2 Å². The Kier molecular flexibility index (Phi) is 5.69. The largest absolute Gasteiger partial charge is 0.378 e. The number of rotatable bonds is 4. The second-order valence-corrected chi connectivity index (χ2v) is 9.63. The molecule has 1 saturated carbocycles. The molecule has 0 spiro atoms. The van der Waals surface area contributed by atoms with Gasteiger partial charge in [-0.3, -0.25) is 19.3 Å². The zero-order valence-electron chi connectivity index (χ0n) is 19.2. The lowest BCUT2D eigenvalue weighted by molar-refractivity contribution is -0.146. The normalized spacial score (nSPS) is 27.7. The molecule has 5 rings (SSSR count). The molecule has 0 aromatic heterocycles. The van der Waals surface area contributed by atoms with Crippen molar-refractivity contribution in [3.63, 3.8) is 0 Å². The predicted molar refractivity (Wildman–Crippen MR) is 128 cm³/mol. The van der Waals surface area contributed by atoms with Gasteiger partial charge in [0.15, 0.2) is 0 Å². The summed E-state index contributed by atoms with van der Waals surface area (Å²) in [7, 11) is 0. The summed E-state index contributed by atoms with van der Waals surface area (Å²) in [6.07, 6.45) is 4.19. The highest BCUT2D eigenvalue weighted by Gasteiger charge is 2.51. The number of anilines is 2. The van der Waals surface area contributed by atoms with Crippen molar-refractivity contribution in [1.29, 1.82) is 0 Å². The molecular formula is C27H31N3O3. The Balaban J connectivity index is 1.42. The van der Waals surface area contributed by atoms with E-state index >= 15 is 0 Å². The van der Waals surface area contributed by atoms with E-state index in [-0.39, 0.29) is 41.6 Å². The number of likely N-dealkylation sites (tertiary alicyclic amines) is 1. The van der Waals surface area contributed by atoms with E-state index in [0.29, 0.717) is 0 Å². The van der Waals surface area contributed by atoms with E-state index in [9.17, 15) is 14.4 Å². The van der Waals surface area contributed by atoms with Crippen LogP contribution in [0.15, 0.2) is 54.6 Å². The molecule has 0 bridgehead atoms. The number of hydrogen-bond donors (Lipinski definition) is 1. The maximum absolute atomic E-state index is 13.8. The molecule has 1 N–H and O–H groups in total. The van der Waals surface area contributed by atoms with Crippen molar-refractivity contribution >= 4 is 29.1 Å². The number of carbonyl (C=O) groups is 3. The molecule has 3 amide bonds. The number of nitrogens with zero attached hydrogens (tertiary/aromatic N) is 2. The summed E-state index contributed by atoms with van der Waals surface area (Å²) in [4.78, 5) is 43.0. The van der Waals surface area contributed by atoms with Gasteiger partial charge in [-0.15, -0.1) is 0 Å². The highest BCUT2D eigenvalue weighted by Crippen LogP contribution is 2.42. The van der Waals surface area contributed by atoms with Crippen LogP contribution in [0.1, 0.15) is 57.6 Å². The number of benzene rings is 2. The van der Waals surface area contributed by atoms with Gasteiger partial charge in [0.25, 0.3) is 0 Å². The molecule has 2 aliphatic heterocycles. The Hall–Kier alpha value is -3.15. The summed E-state index contributed by atoms with van der Waals surface area (Å²) in [5, 5.41) is 3.60. The molecule has 1 aliphatic carbocycles. The summed E-state index contributed by atoms with van der Waals surface area (Å²) in [5.74, 6) is -0.994. The maximum Gasteiger partial charge on any atom is 0.250 e. The van der Waals surface area contributed by atoms with Gasteiger partial charge in [0, 0.05) is 17.4 Å². The summed E-state index contributed by atoms with van der Waals surface area (Å²) in [6, 6.07) is 17.2. The lowest BCUT2D eigenvalue weighted by Crippen LogP contribution is -2.54. The number of carbonyl (C=O) groups excluding carboxylic acids is 3. The third-order valence-electron chi connectivity index (χ3n) is 7.56. The fourth-order valence-electron chi connectivity index (χ4n) is 5.90. The Morgan fingerprint density at radius 1 is 0.939 bits per heavy atom. The standard InChI is InChI=1S/C27H31N3O3/c1-17-16-23(28-19-10-4-3-5-11-19)22-14-8-9-15-24(22)29(17)25(31)18(2)30-26(32)20-12-6-7-13-21(20)27(30)33/h3-5,8-11,14-15,17-18,20-21,23,28H,6-7,12-13,16H2,1-2H3/t17-,18+,20-,21+,23-/m0/s1. The Labute approximate surface area is 194 Å². The van der Waals surface area contributed by atoms with Gasteiger partial charge >= 0.3 is 0 Å². The van der Waals surface area contributed by atoms with Gasteiger partial charge in [-0.05, 0) is 56.9 Å². The number of para-hydroxylation sites is 2. The van der Waals surface area contributed by atoms with E-state index in [4.69, 9.17) is 0 Å². The lowest BCUT2D eigenvalue weighted by Gasteiger charge is -2.41. The van der Waals surface area contributed by atoms with Crippen molar-refractivity contribution in [3.05, 3.63) is 60.2 Å². The zero-order valence-corrected chi connectivity index (χ0v) is 19.2. The first-order valence-electron chi connectivity index (χ1n) is 12.1. The number of imide groups is 1. The third kappa shape index (κ3) is 3.71. The molecule has 172 valence electrons. The first-order valence-corrected chi connectivity index (χ1v) is 12.1. The minimum Gasteiger partial charge on any atom is -0.378 e. The summed E-state index contributed by atoms with van der Waals surface area (Å²) in [5.41, 5.74) is 2.93. The number of nitrogens with one attached hydrogen (secondary N) is 1. The number of amides is 3. The first-order chi connectivity index (χ1) is 16.0. The zero-order chi connectivity index (χ0) is 23.1. The predicted octanol–water partition coefficient (Wildman–Crippen LogP) is 4.53. The van der Waals surface area contributed by atoms with E-state index in [2.05, 4.69) is 5.32 Å². The molecule has 6 heteroatoms. The van der Waals surface area contributed by atoms with Gasteiger partial charge < -0.3 is 10.2 Å². The van der Waals surface area contributed by atoms with Crippen LogP contribution < -0.4 is 10.2 Å². The van der Waals surface area contributed by atoms with E-state index in [0.717, 1.165) is 49.0 Å². The quantitative estimate of drug-likeness (QED) is 0.702. The molecule has 2 fully saturated rings. The highest BCUT2D eigenvalue weighted by atomic mass is 16.2. The Morgan fingerprint density at radius 3 is 2.21 bits per heavy atom. The van der Waals surface area contributed by atoms with Crippen molar-refractivity contribution in [2.75, 3.05) is 10.2 Å². The number of fused-ring (bicyclic) bond motifs is 2. The van der Waals surface area contributed by atoms with Crippen LogP contribution in [0.4, 0.5) is 11.4 Å². The minimum absolute atomic E-state index is 0.0656. The van der Waals surface area contributed by atoms with Crippen LogP contribution in [0.5, 0.6) is 0 Å². The van der Waals surface area contributed by atoms with Gasteiger partial charge in [0.05, 0.1) is 17.9 Å². The van der Waals surface area contributed by atoms with Gasteiger partial charge in [-0.25, -0.2) is 0 Å². The second kappa shape index (κ2) is 8.65. The van der Waals surface area contributed by atoms with Gasteiger partial charge in [0.2, 0.25) is 17.7 Å². The molecular weight excluding hydrogens is 414 g/mol. The summed E-state index contributed by atoms with van der Waals surface area (Å²) >= 11 is 0. The highest BCUT2D eigenvalue weighted by molar-refractivity contribution is 6.10. The fraction of sp³-hybridized carbons (Fsp3) is 0.444. The molecule has 2 heterocycles. The Morgan fingerprint density at radius 2 is 1.55 bits per heavy atom. The summed E-state index contributed by atoms with van der Waals surface area (Å²) < 4.78 is 0. The lowest BCUT2D eigenvalue weighted by atomic mass is 9.81. The molecule has 2 aromatic rings. The van der Waals surface area contributed by atoms with Gasteiger partial charge in [0.1, 0.15) is 6.04 Å². The molecule has 6 nitrogen and oxygen atoms in total. The van der Waals surface area contributed by atoms with Crippen LogP contribution in [0.25, 0.3) is 0 Å². The van der Waals surface area contributed by atoms with Crippen molar-refractivity contribution in [3.8, 4) is 0 Å². The average Bonchev–Trinajstić information content (AvgIpc) is 3.09. The van der Waals surface area contributed by atoms with Crippen LogP contribution in [0.3, 0.4) is 0 Å². The van der Waals surface area contributed by atoms with Crippen molar-refractivity contribution in [2.45, 2.75) is 64.1 Å². The van der Waals surface area contributed by atoms with Gasteiger partial charge in [-0.2, -0.15) is 0 Å². The molecule has 0 unspecified atom stereocenters. The second-order valence-electron chi connectivity index (χ2n) is 9.63. The van der Waals surface area contributed by atoms with Crippen LogP contribution in [-0.4, -0.2) is 34.7 Å². The van der Waals surface area contributed by atoms with E-state index in [1.165, 1.54) is 4.90 Å².